The van der Waals surface area contributed by atoms with Gasteiger partial charge in [-0.25, -0.2) is 0 Å². The van der Waals surface area contributed by atoms with Crippen molar-refractivity contribution in [2.75, 3.05) is 6.54 Å². The molecule has 5 nitrogen and oxygen atoms in total. The van der Waals surface area contributed by atoms with Crippen LogP contribution in [-0.4, -0.2) is 37.4 Å². The molecule has 0 bridgehead atoms. The first-order valence-corrected chi connectivity index (χ1v) is 7.55. The van der Waals surface area contributed by atoms with Gasteiger partial charge in [-0.2, -0.15) is 0 Å². The molecule has 1 aromatic rings. The van der Waals surface area contributed by atoms with Gasteiger partial charge in [-0.3, -0.25) is 9.59 Å². The number of benzene rings is 1. The molecule has 1 heterocycles. The number of nitrogens with two attached hydrogens (primary N) is 1. The Labute approximate surface area is 137 Å². The Bertz CT molecular complexity index is 610. The summed E-state index contributed by atoms with van der Waals surface area (Å²) in [5.74, 6) is 0. The molecule has 23 heavy (non-hydrogen) atoms. The van der Waals surface area contributed by atoms with Gasteiger partial charge < -0.3 is 15.0 Å². The zero-order valence-electron chi connectivity index (χ0n) is 14.0. The van der Waals surface area contributed by atoms with Crippen LogP contribution >= 0.6 is 0 Å². The van der Waals surface area contributed by atoms with Gasteiger partial charge in [-0.1, -0.05) is 24.3 Å². The van der Waals surface area contributed by atoms with Crippen LogP contribution in [0.25, 0.3) is 6.08 Å². The second-order valence-corrected chi connectivity index (χ2v) is 6.60. The lowest BCUT2D eigenvalue weighted by atomic mass is 9.76. The van der Waals surface area contributed by atoms with Crippen molar-refractivity contribution in [3.63, 3.8) is 0 Å². The van der Waals surface area contributed by atoms with Gasteiger partial charge in [-0.15, -0.1) is 0 Å². The quantitative estimate of drug-likeness (QED) is 0.666. The van der Waals surface area contributed by atoms with E-state index in [1.165, 1.54) is 0 Å². The lowest BCUT2D eigenvalue weighted by molar-refractivity contribution is 0.00578. The first-order valence-electron chi connectivity index (χ1n) is 7.55. The molecule has 6 heteroatoms. The van der Waals surface area contributed by atoms with Crippen molar-refractivity contribution in [1.29, 1.82) is 0 Å². The molecular weight excluding hydrogens is 293 g/mol. The summed E-state index contributed by atoms with van der Waals surface area (Å²) in [7, 11) is -0.607. The highest BCUT2D eigenvalue weighted by atomic mass is 16.7. The smallest absolute Gasteiger partial charge is 0.400 e. The van der Waals surface area contributed by atoms with Gasteiger partial charge in [0, 0.05) is 17.7 Å². The minimum absolute atomic E-state index is 0.197. The number of hydrogen-bond donors (Lipinski definition) is 1. The normalized spacial score (nSPS) is 19.7. The van der Waals surface area contributed by atoms with Gasteiger partial charge in [0.1, 0.15) is 0 Å². The van der Waals surface area contributed by atoms with E-state index in [9.17, 15) is 9.59 Å². The molecule has 0 unspecified atom stereocenters. The van der Waals surface area contributed by atoms with Gasteiger partial charge in [0.05, 0.1) is 11.2 Å². The Kier molecular flexibility index (Phi) is 4.89. The third-order valence-electron chi connectivity index (χ3n) is 4.55. The number of hydrogen-bond acceptors (Lipinski definition) is 5. The fourth-order valence-electron chi connectivity index (χ4n) is 2.38. The fraction of sp³-hybridized carbons (Fsp3) is 0.412. The molecule has 2 rings (SSSR count). The lowest BCUT2D eigenvalue weighted by Gasteiger charge is -2.32. The number of carbonyl (C=O) groups excluding carboxylic acids is 2. The molecule has 1 aliphatic heterocycles. The van der Waals surface area contributed by atoms with E-state index in [2.05, 4.69) is 0 Å². The van der Waals surface area contributed by atoms with Crippen LogP contribution in [0.4, 0.5) is 0 Å². The molecule has 0 atom stereocenters. The SMILES string of the molecule is CC1(C)OB(C(=Cc2c(C=O)cccc2C=O)CN)OC1(C)C. The molecule has 0 spiro atoms. The van der Waals surface area contributed by atoms with Gasteiger partial charge in [-0.05, 0) is 38.7 Å². The molecule has 122 valence electrons. The third-order valence-corrected chi connectivity index (χ3v) is 4.55. The van der Waals surface area contributed by atoms with Gasteiger partial charge in [0.2, 0.25) is 0 Å². The summed E-state index contributed by atoms with van der Waals surface area (Å²) in [5.41, 5.74) is 6.96. The van der Waals surface area contributed by atoms with Crippen LogP contribution in [0.1, 0.15) is 54.0 Å². The summed E-state index contributed by atoms with van der Waals surface area (Å²) >= 11 is 0. The zero-order chi connectivity index (χ0) is 17.3. The van der Waals surface area contributed by atoms with Crippen LogP contribution in [0.2, 0.25) is 0 Å². The van der Waals surface area contributed by atoms with Crippen LogP contribution < -0.4 is 5.73 Å². The summed E-state index contributed by atoms with van der Waals surface area (Å²) in [6.45, 7) is 8.02. The topological polar surface area (TPSA) is 78.6 Å². The van der Waals surface area contributed by atoms with E-state index >= 15 is 0 Å². The molecule has 1 aromatic carbocycles. The number of carbonyl (C=O) groups is 2. The van der Waals surface area contributed by atoms with Gasteiger partial charge in [0.15, 0.2) is 12.6 Å². The Balaban J connectivity index is 2.45. The second kappa shape index (κ2) is 6.39. The molecule has 1 aliphatic rings. The monoisotopic (exact) mass is 315 g/mol. The van der Waals surface area contributed by atoms with Crippen LogP contribution in [0.15, 0.2) is 23.7 Å². The maximum atomic E-state index is 11.3. The Morgan fingerprint density at radius 2 is 1.57 bits per heavy atom. The summed E-state index contributed by atoms with van der Waals surface area (Å²) in [6.07, 6.45) is 3.16. The zero-order valence-corrected chi connectivity index (χ0v) is 14.0. The van der Waals surface area contributed by atoms with Crippen LogP contribution in [0.3, 0.4) is 0 Å². The lowest BCUT2D eigenvalue weighted by Crippen LogP contribution is -2.41. The van der Waals surface area contributed by atoms with E-state index in [4.69, 9.17) is 15.0 Å². The summed E-state index contributed by atoms with van der Waals surface area (Å²) in [4.78, 5) is 22.5. The molecule has 0 saturated carbocycles. The molecular formula is C17H22BNO4. The van der Waals surface area contributed by atoms with Crippen molar-refractivity contribution in [2.45, 2.75) is 38.9 Å². The Morgan fingerprint density at radius 1 is 1.09 bits per heavy atom. The van der Waals surface area contributed by atoms with E-state index in [0.717, 1.165) is 12.6 Å². The predicted molar refractivity (Wildman–Crippen MR) is 90.3 cm³/mol. The standard InChI is InChI=1S/C17H22BNO4/c1-16(2)17(3,4)23-18(22-16)14(9-19)8-15-12(10-20)6-5-7-13(15)11-21/h5-8,10-11H,9,19H2,1-4H3. The van der Waals surface area contributed by atoms with E-state index in [-0.39, 0.29) is 6.54 Å². The van der Waals surface area contributed by atoms with Crippen molar-refractivity contribution in [3.05, 3.63) is 40.4 Å². The average Bonchev–Trinajstić information content (AvgIpc) is 2.72. The van der Waals surface area contributed by atoms with Crippen LogP contribution in [0.5, 0.6) is 0 Å². The third kappa shape index (κ3) is 3.29. The van der Waals surface area contributed by atoms with E-state index in [1.54, 1.807) is 24.3 Å². The molecule has 1 saturated heterocycles. The van der Waals surface area contributed by atoms with Crippen molar-refractivity contribution in [3.8, 4) is 0 Å². The summed E-state index contributed by atoms with van der Waals surface area (Å²) < 4.78 is 12.0. The maximum Gasteiger partial charge on any atom is 0.491 e. The number of aldehydes is 2. The largest absolute Gasteiger partial charge is 0.491 e. The Morgan fingerprint density at radius 3 is 1.96 bits per heavy atom. The average molecular weight is 315 g/mol. The second-order valence-electron chi connectivity index (χ2n) is 6.60. The molecule has 0 aliphatic carbocycles. The molecule has 0 amide bonds. The summed E-state index contributed by atoms with van der Waals surface area (Å²) in [6, 6.07) is 4.98. The highest BCUT2D eigenvalue weighted by Gasteiger charge is 2.52. The molecule has 0 radical (unpaired) electrons. The molecule has 2 N–H and O–H groups in total. The molecule has 1 fully saturated rings. The van der Waals surface area contributed by atoms with E-state index in [0.29, 0.717) is 22.2 Å². The fourth-order valence-corrected chi connectivity index (χ4v) is 2.38. The van der Waals surface area contributed by atoms with E-state index < -0.39 is 18.3 Å². The van der Waals surface area contributed by atoms with Gasteiger partial charge >= 0.3 is 7.12 Å². The maximum absolute atomic E-state index is 11.3. The Hall–Kier alpha value is -1.76. The first-order chi connectivity index (χ1) is 10.8. The van der Waals surface area contributed by atoms with Crippen molar-refractivity contribution < 1.29 is 18.9 Å². The summed E-state index contributed by atoms with van der Waals surface area (Å²) in [5, 5.41) is 0. The number of rotatable bonds is 5. The highest BCUT2D eigenvalue weighted by Crippen LogP contribution is 2.38. The predicted octanol–water partition coefficient (Wildman–Crippen LogP) is 2.29. The van der Waals surface area contributed by atoms with Gasteiger partial charge in [0.25, 0.3) is 0 Å². The van der Waals surface area contributed by atoms with Crippen molar-refractivity contribution in [1.82, 2.24) is 0 Å². The van der Waals surface area contributed by atoms with Crippen LogP contribution in [-0.2, 0) is 9.31 Å². The molecule has 0 aromatic heterocycles. The van der Waals surface area contributed by atoms with E-state index in [1.807, 2.05) is 27.7 Å². The first kappa shape index (κ1) is 17.6. The minimum Gasteiger partial charge on any atom is -0.400 e. The van der Waals surface area contributed by atoms with Crippen LogP contribution in [0, 0.1) is 0 Å². The van der Waals surface area contributed by atoms with Crippen molar-refractivity contribution in [2.24, 2.45) is 5.73 Å². The highest BCUT2D eigenvalue weighted by molar-refractivity contribution is 6.56. The minimum atomic E-state index is -0.607. The van der Waals surface area contributed by atoms with Crippen molar-refractivity contribution >= 4 is 25.8 Å².